The second-order valence-corrected chi connectivity index (χ2v) is 6.44. The zero-order valence-corrected chi connectivity index (χ0v) is 13.6. The van der Waals surface area contributed by atoms with Gasteiger partial charge in [0.15, 0.2) is 11.6 Å². The zero-order valence-electron chi connectivity index (χ0n) is 13.6. The van der Waals surface area contributed by atoms with Crippen LogP contribution < -0.4 is 0 Å². The molecule has 0 amide bonds. The maximum absolute atomic E-state index is 14.3. The smallest absolute Gasteiger partial charge is 0.167 e. The molecular weight excluding hydrogens is 310 g/mol. The molecule has 0 saturated heterocycles. The quantitative estimate of drug-likeness (QED) is 0.868. The van der Waals surface area contributed by atoms with Crippen LogP contribution in [-0.2, 0) is 4.79 Å². The molecule has 1 fully saturated rings. The average molecular weight is 330 g/mol. The highest BCUT2D eigenvalue weighted by Gasteiger charge is 2.21. The lowest BCUT2D eigenvalue weighted by Crippen LogP contribution is -2.12. The molecule has 1 saturated carbocycles. The third-order valence-corrected chi connectivity index (χ3v) is 4.80. The molecule has 1 aliphatic rings. The maximum atomic E-state index is 14.3. The summed E-state index contributed by atoms with van der Waals surface area (Å²) in [4.78, 5) is 11.3. The average Bonchev–Trinajstić information content (AvgIpc) is 2.58. The van der Waals surface area contributed by atoms with Crippen LogP contribution in [0.15, 0.2) is 36.4 Å². The van der Waals surface area contributed by atoms with E-state index in [1.165, 1.54) is 19.1 Å². The van der Waals surface area contributed by atoms with Crippen LogP contribution in [0.1, 0.15) is 55.8 Å². The molecule has 4 heteroatoms. The van der Waals surface area contributed by atoms with Crippen molar-refractivity contribution in [2.45, 2.75) is 44.6 Å². The number of carbonyl (C=O) groups excluding carboxylic acids is 1. The van der Waals surface area contributed by atoms with Crippen LogP contribution in [0.25, 0.3) is 11.1 Å². The van der Waals surface area contributed by atoms with Crippen LogP contribution >= 0.6 is 0 Å². The van der Waals surface area contributed by atoms with Gasteiger partial charge in [0.1, 0.15) is 5.78 Å². The van der Waals surface area contributed by atoms with Gasteiger partial charge in [0.05, 0.1) is 6.10 Å². The van der Waals surface area contributed by atoms with Gasteiger partial charge in [-0.2, -0.15) is 0 Å². The molecule has 0 radical (unpaired) electrons. The fourth-order valence-electron chi connectivity index (χ4n) is 3.32. The minimum atomic E-state index is -1.05. The van der Waals surface area contributed by atoms with Crippen molar-refractivity contribution < 1.29 is 18.7 Å². The van der Waals surface area contributed by atoms with Crippen LogP contribution in [0, 0.1) is 11.6 Å². The van der Waals surface area contributed by atoms with Crippen LogP contribution in [0.3, 0.4) is 0 Å². The number of ketones is 1. The Kier molecular flexibility index (Phi) is 4.76. The number of rotatable bonds is 3. The molecule has 0 spiro atoms. The first kappa shape index (κ1) is 16.8. The van der Waals surface area contributed by atoms with E-state index in [1.807, 2.05) is 12.1 Å². The van der Waals surface area contributed by atoms with Crippen LogP contribution in [0.4, 0.5) is 8.78 Å². The first-order valence-electron chi connectivity index (χ1n) is 8.25. The van der Waals surface area contributed by atoms with Gasteiger partial charge in [-0.15, -0.1) is 0 Å². The number of benzene rings is 2. The predicted octanol–water partition coefficient (Wildman–Crippen LogP) is 4.91. The summed E-state index contributed by atoms with van der Waals surface area (Å²) in [6.07, 6.45) is 1.89. The minimum Gasteiger partial charge on any atom is -0.389 e. The van der Waals surface area contributed by atoms with E-state index in [-0.39, 0.29) is 11.1 Å². The SMILES string of the molecule is CC(O)c1ccc(-c2ccc(C3CCC(=O)CC3)cc2)c(F)c1F. The summed E-state index contributed by atoms with van der Waals surface area (Å²) in [5.41, 5.74) is 1.87. The molecule has 0 aromatic heterocycles. The van der Waals surface area contributed by atoms with Gasteiger partial charge in [-0.05, 0) is 36.8 Å². The van der Waals surface area contributed by atoms with Crippen molar-refractivity contribution in [1.29, 1.82) is 0 Å². The van der Waals surface area contributed by atoms with E-state index in [9.17, 15) is 18.7 Å². The summed E-state index contributed by atoms with van der Waals surface area (Å²) in [6.45, 7) is 1.40. The lowest BCUT2D eigenvalue weighted by atomic mass is 9.83. The molecule has 0 aliphatic heterocycles. The summed E-state index contributed by atoms with van der Waals surface area (Å²) in [7, 11) is 0. The first-order valence-corrected chi connectivity index (χ1v) is 8.25. The Morgan fingerprint density at radius 1 is 1.00 bits per heavy atom. The Morgan fingerprint density at radius 3 is 2.21 bits per heavy atom. The molecule has 0 heterocycles. The van der Waals surface area contributed by atoms with Crippen molar-refractivity contribution >= 4 is 5.78 Å². The van der Waals surface area contributed by atoms with Crippen LogP contribution in [-0.4, -0.2) is 10.9 Å². The molecule has 2 nitrogen and oxygen atoms in total. The number of hydrogen-bond acceptors (Lipinski definition) is 2. The number of aliphatic hydroxyl groups is 1. The van der Waals surface area contributed by atoms with Gasteiger partial charge < -0.3 is 5.11 Å². The Labute approximate surface area is 140 Å². The molecule has 1 unspecified atom stereocenters. The lowest BCUT2D eigenvalue weighted by molar-refractivity contribution is -0.120. The topological polar surface area (TPSA) is 37.3 Å². The summed E-state index contributed by atoms with van der Waals surface area (Å²) in [6, 6.07) is 10.3. The van der Waals surface area contributed by atoms with E-state index < -0.39 is 17.7 Å². The summed E-state index contributed by atoms with van der Waals surface area (Å²) < 4.78 is 28.3. The normalized spacial score (nSPS) is 17.1. The van der Waals surface area contributed by atoms with Gasteiger partial charge in [-0.3, -0.25) is 4.79 Å². The number of Topliss-reactive ketones (excluding diaryl/α,β-unsaturated/α-hetero) is 1. The fourth-order valence-corrected chi connectivity index (χ4v) is 3.32. The molecule has 1 aliphatic carbocycles. The van der Waals surface area contributed by atoms with E-state index in [0.717, 1.165) is 18.4 Å². The van der Waals surface area contributed by atoms with Gasteiger partial charge in [-0.25, -0.2) is 8.78 Å². The Morgan fingerprint density at radius 2 is 1.62 bits per heavy atom. The van der Waals surface area contributed by atoms with E-state index in [1.54, 1.807) is 12.1 Å². The number of aliphatic hydroxyl groups excluding tert-OH is 1. The Balaban J connectivity index is 1.86. The van der Waals surface area contributed by atoms with E-state index in [2.05, 4.69) is 0 Å². The van der Waals surface area contributed by atoms with Gasteiger partial charge in [0, 0.05) is 24.0 Å². The van der Waals surface area contributed by atoms with Gasteiger partial charge in [0.25, 0.3) is 0 Å². The minimum absolute atomic E-state index is 0.0419. The molecule has 2 aromatic carbocycles. The highest BCUT2D eigenvalue weighted by molar-refractivity contribution is 5.79. The van der Waals surface area contributed by atoms with Gasteiger partial charge in [-0.1, -0.05) is 36.4 Å². The lowest BCUT2D eigenvalue weighted by Gasteiger charge is -2.21. The molecule has 2 aromatic rings. The van der Waals surface area contributed by atoms with Crippen LogP contribution in [0.5, 0.6) is 0 Å². The highest BCUT2D eigenvalue weighted by Crippen LogP contribution is 2.34. The summed E-state index contributed by atoms with van der Waals surface area (Å²) >= 11 is 0. The third-order valence-electron chi connectivity index (χ3n) is 4.80. The number of carbonyl (C=O) groups is 1. The van der Waals surface area contributed by atoms with Crippen molar-refractivity contribution in [3.63, 3.8) is 0 Å². The molecule has 3 rings (SSSR count). The molecule has 0 bridgehead atoms. The van der Waals surface area contributed by atoms with E-state index >= 15 is 0 Å². The van der Waals surface area contributed by atoms with Crippen molar-refractivity contribution in [2.24, 2.45) is 0 Å². The second kappa shape index (κ2) is 6.81. The Hall–Kier alpha value is -2.07. The zero-order chi connectivity index (χ0) is 17.3. The molecular formula is C20H20F2O2. The van der Waals surface area contributed by atoms with Crippen LogP contribution in [0.2, 0.25) is 0 Å². The Bertz CT molecular complexity index is 741. The van der Waals surface area contributed by atoms with E-state index in [0.29, 0.717) is 30.1 Å². The highest BCUT2D eigenvalue weighted by atomic mass is 19.2. The van der Waals surface area contributed by atoms with Crippen molar-refractivity contribution in [3.05, 3.63) is 59.2 Å². The largest absolute Gasteiger partial charge is 0.389 e. The first-order chi connectivity index (χ1) is 11.5. The van der Waals surface area contributed by atoms with E-state index in [4.69, 9.17) is 0 Å². The standard InChI is InChI=1S/C20H20F2O2/c1-12(23)17-10-11-18(20(22)19(17)21)15-4-2-13(3-5-15)14-6-8-16(24)9-7-14/h2-5,10-12,14,23H,6-9H2,1H3. The van der Waals surface area contributed by atoms with Gasteiger partial charge >= 0.3 is 0 Å². The van der Waals surface area contributed by atoms with Crippen molar-refractivity contribution in [3.8, 4) is 11.1 Å². The molecule has 126 valence electrons. The predicted molar refractivity (Wildman–Crippen MR) is 88.6 cm³/mol. The molecule has 24 heavy (non-hydrogen) atoms. The van der Waals surface area contributed by atoms with Crippen molar-refractivity contribution in [1.82, 2.24) is 0 Å². The molecule has 1 N–H and O–H groups in total. The van der Waals surface area contributed by atoms with Gasteiger partial charge in [0.2, 0.25) is 0 Å². The third kappa shape index (κ3) is 3.24. The second-order valence-electron chi connectivity index (χ2n) is 6.44. The monoisotopic (exact) mass is 330 g/mol. The fraction of sp³-hybridized carbons (Fsp3) is 0.350. The maximum Gasteiger partial charge on any atom is 0.167 e. The number of halogens is 2. The summed E-state index contributed by atoms with van der Waals surface area (Å²) in [5.74, 6) is -1.27. The van der Waals surface area contributed by atoms with Crippen molar-refractivity contribution in [2.75, 3.05) is 0 Å². The number of hydrogen-bond donors (Lipinski definition) is 1. The summed E-state index contributed by atoms with van der Waals surface area (Å²) in [5, 5.41) is 9.46. The molecule has 1 atom stereocenters.